The van der Waals surface area contributed by atoms with Gasteiger partial charge in [-0.25, -0.2) is 8.78 Å². The number of nitrogens with zero attached hydrogens (tertiary/aromatic N) is 1. The van der Waals surface area contributed by atoms with Gasteiger partial charge in [0.25, 0.3) is 0 Å². The highest BCUT2D eigenvalue weighted by atomic mass is 19.4. The Labute approximate surface area is 228 Å². The van der Waals surface area contributed by atoms with Crippen molar-refractivity contribution in [2.75, 3.05) is 6.61 Å². The molecule has 2 aliphatic rings. The summed E-state index contributed by atoms with van der Waals surface area (Å²) in [7, 11) is 0. The molecule has 2 atom stereocenters. The normalized spacial score (nSPS) is 19.8. The van der Waals surface area contributed by atoms with Crippen LogP contribution in [0.5, 0.6) is 5.75 Å². The Morgan fingerprint density at radius 1 is 0.850 bits per heavy atom. The molecule has 1 aliphatic carbocycles. The van der Waals surface area contributed by atoms with Crippen molar-refractivity contribution in [3.63, 3.8) is 0 Å². The Hall–Kier alpha value is -3.75. The number of alkyl halides is 3. The summed E-state index contributed by atoms with van der Waals surface area (Å²) in [6, 6.07) is 15.4. The molecular formula is C31H28F5NO3. The first-order valence-electron chi connectivity index (χ1n) is 13.3. The molecule has 3 aromatic carbocycles. The summed E-state index contributed by atoms with van der Waals surface area (Å²) < 4.78 is 76.2. The predicted molar refractivity (Wildman–Crippen MR) is 140 cm³/mol. The molecule has 1 heterocycles. The Bertz CT molecular complexity index is 1340. The van der Waals surface area contributed by atoms with Crippen molar-refractivity contribution in [1.29, 1.82) is 0 Å². The number of hydrogen-bond acceptors (Lipinski definition) is 4. The molecule has 0 amide bonds. The highest BCUT2D eigenvalue weighted by molar-refractivity contribution is 6.04. The molecule has 1 fully saturated rings. The summed E-state index contributed by atoms with van der Waals surface area (Å²) in [6.07, 6.45) is 0.680. The largest absolute Gasteiger partial charge is 0.573 e. The second kappa shape index (κ2) is 11.8. The first-order chi connectivity index (χ1) is 19.2. The molecule has 5 rings (SSSR count). The Morgan fingerprint density at radius 2 is 1.45 bits per heavy atom. The van der Waals surface area contributed by atoms with Gasteiger partial charge in [-0.05, 0) is 59.7 Å². The van der Waals surface area contributed by atoms with E-state index >= 15 is 0 Å². The van der Waals surface area contributed by atoms with Crippen molar-refractivity contribution < 1.29 is 36.2 Å². The molecule has 0 bridgehead atoms. The molecule has 0 aromatic heterocycles. The number of rotatable bonds is 7. The molecule has 1 saturated carbocycles. The van der Waals surface area contributed by atoms with E-state index < -0.39 is 35.9 Å². The van der Waals surface area contributed by atoms with Gasteiger partial charge >= 0.3 is 12.3 Å². The Kier molecular flexibility index (Phi) is 8.19. The van der Waals surface area contributed by atoms with Gasteiger partial charge in [0.2, 0.25) is 0 Å². The third kappa shape index (κ3) is 6.51. The maximum Gasteiger partial charge on any atom is 0.573 e. The topological polar surface area (TPSA) is 47.9 Å². The Morgan fingerprint density at radius 3 is 2.05 bits per heavy atom. The van der Waals surface area contributed by atoms with E-state index in [1.54, 1.807) is 24.3 Å². The van der Waals surface area contributed by atoms with Crippen LogP contribution >= 0.6 is 0 Å². The molecule has 40 heavy (non-hydrogen) atoms. The van der Waals surface area contributed by atoms with Crippen LogP contribution in [0.3, 0.4) is 0 Å². The number of halogens is 5. The molecule has 9 heteroatoms. The van der Waals surface area contributed by atoms with Gasteiger partial charge in [-0.2, -0.15) is 0 Å². The Balaban J connectivity index is 1.38. The molecule has 0 saturated heterocycles. The molecule has 0 N–H and O–H groups in total. The van der Waals surface area contributed by atoms with Gasteiger partial charge in [0.1, 0.15) is 17.4 Å². The number of aliphatic imine (C=N–C) groups is 1. The quantitative estimate of drug-likeness (QED) is 0.217. The van der Waals surface area contributed by atoms with Crippen LogP contribution in [0.15, 0.2) is 71.7 Å². The first kappa shape index (κ1) is 27.8. The van der Waals surface area contributed by atoms with Crippen molar-refractivity contribution in [2.45, 2.75) is 50.9 Å². The smallest absolute Gasteiger partial charge is 0.465 e. The molecule has 210 valence electrons. The third-order valence-corrected chi connectivity index (χ3v) is 7.50. The van der Waals surface area contributed by atoms with Gasteiger partial charge in [-0.15, -0.1) is 13.2 Å². The molecule has 3 aromatic rings. The molecular weight excluding hydrogens is 529 g/mol. The van der Waals surface area contributed by atoms with Gasteiger partial charge in [-0.1, -0.05) is 61.7 Å². The van der Waals surface area contributed by atoms with Crippen molar-refractivity contribution in [3.05, 3.63) is 89.5 Å². The zero-order chi connectivity index (χ0) is 28.3. The lowest BCUT2D eigenvalue weighted by molar-refractivity contribution is -0.274. The van der Waals surface area contributed by atoms with E-state index in [1.165, 1.54) is 36.8 Å². The predicted octanol–water partition coefficient (Wildman–Crippen LogP) is 8.20. The highest BCUT2D eigenvalue weighted by Gasteiger charge is 2.39. The van der Waals surface area contributed by atoms with Gasteiger partial charge in [0.05, 0.1) is 24.1 Å². The van der Waals surface area contributed by atoms with E-state index in [4.69, 9.17) is 4.74 Å². The van der Waals surface area contributed by atoms with Gasteiger partial charge in [0.15, 0.2) is 0 Å². The lowest BCUT2D eigenvalue weighted by atomic mass is 9.89. The van der Waals surface area contributed by atoms with Crippen molar-refractivity contribution in [1.82, 2.24) is 0 Å². The number of benzene rings is 3. The van der Waals surface area contributed by atoms with E-state index in [0.29, 0.717) is 23.7 Å². The summed E-state index contributed by atoms with van der Waals surface area (Å²) in [4.78, 5) is 17.9. The van der Waals surface area contributed by atoms with Crippen LogP contribution in [0.2, 0.25) is 0 Å². The summed E-state index contributed by atoms with van der Waals surface area (Å²) in [5, 5.41) is 0. The number of hydrogen-bond donors (Lipinski definition) is 0. The van der Waals surface area contributed by atoms with Crippen LogP contribution < -0.4 is 4.74 Å². The van der Waals surface area contributed by atoms with Crippen LogP contribution in [0.25, 0.3) is 11.1 Å². The minimum absolute atomic E-state index is 0.0361. The molecule has 1 aliphatic heterocycles. The number of carbonyl (C=O) groups excluding carboxylic acids is 1. The summed E-state index contributed by atoms with van der Waals surface area (Å²) in [5.74, 6) is -2.70. The van der Waals surface area contributed by atoms with Crippen LogP contribution in [-0.4, -0.2) is 24.7 Å². The van der Waals surface area contributed by atoms with Crippen molar-refractivity contribution in [3.8, 4) is 16.9 Å². The first-order valence-corrected chi connectivity index (χ1v) is 13.3. The van der Waals surface area contributed by atoms with Crippen LogP contribution in [0.1, 0.15) is 55.7 Å². The maximum absolute atomic E-state index is 14.6. The van der Waals surface area contributed by atoms with Crippen molar-refractivity contribution in [2.24, 2.45) is 16.8 Å². The second-order valence-electron chi connectivity index (χ2n) is 10.3. The zero-order valence-electron chi connectivity index (χ0n) is 21.6. The van der Waals surface area contributed by atoms with E-state index in [9.17, 15) is 26.7 Å². The van der Waals surface area contributed by atoms with E-state index in [1.807, 2.05) is 0 Å². The highest BCUT2D eigenvalue weighted by Crippen LogP contribution is 2.39. The van der Waals surface area contributed by atoms with Crippen molar-refractivity contribution >= 4 is 11.7 Å². The lowest BCUT2D eigenvalue weighted by Crippen LogP contribution is -2.25. The lowest BCUT2D eigenvalue weighted by Gasteiger charge is -2.23. The third-order valence-electron chi connectivity index (χ3n) is 7.50. The average molecular weight is 558 g/mol. The van der Waals surface area contributed by atoms with Gasteiger partial charge in [0, 0.05) is 12.1 Å². The SMILES string of the molecule is O=C(OCC1CCCCC1)C1CC(c2c(F)cccc2F)=NC1c1ccc(-c2ccc(OC(F)(F)F)cc2)cc1. The average Bonchev–Trinajstić information content (AvgIpc) is 3.37. The fourth-order valence-electron chi connectivity index (χ4n) is 5.47. The van der Waals surface area contributed by atoms with Crippen LogP contribution in [0, 0.1) is 23.5 Å². The van der Waals surface area contributed by atoms with Gasteiger partial charge in [-0.3, -0.25) is 9.79 Å². The monoisotopic (exact) mass is 557 g/mol. The minimum atomic E-state index is -4.77. The van der Waals surface area contributed by atoms with E-state index in [2.05, 4.69) is 9.73 Å². The van der Waals surface area contributed by atoms with Crippen LogP contribution in [0.4, 0.5) is 22.0 Å². The van der Waals surface area contributed by atoms with E-state index in [-0.39, 0.29) is 23.4 Å². The summed E-state index contributed by atoms with van der Waals surface area (Å²) in [6.45, 7) is 0.318. The summed E-state index contributed by atoms with van der Waals surface area (Å²) in [5.41, 5.74) is 1.97. The minimum Gasteiger partial charge on any atom is -0.465 e. The van der Waals surface area contributed by atoms with Crippen LogP contribution in [-0.2, 0) is 9.53 Å². The molecule has 4 nitrogen and oxygen atoms in total. The molecule has 0 radical (unpaired) electrons. The number of esters is 1. The molecule has 0 spiro atoms. The maximum atomic E-state index is 14.6. The number of ether oxygens (including phenoxy) is 2. The number of carbonyl (C=O) groups is 1. The second-order valence-corrected chi connectivity index (χ2v) is 10.3. The zero-order valence-corrected chi connectivity index (χ0v) is 21.6. The standard InChI is InChI=1S/C31H28F5NO3/c32-25-7-4-8-26(33)28(25)27-17-24(30(38)39-18-19-5-2-1-3-6-19)29(37-27)22-11-9-20(10-12-22)21-13-15-23(16-14-21)40-31(34,35)36/h4,7-16,19,24,29H,1-3,5-6,17-18H2. The molecule has 2 unspecified atom stereocenters. The van der Waals surface area contributed by atoms with E-state index in [0.717, 1.165) is 43.4 Å². The summed E-state index contributed by atoms with van der Waals surface area (Å²) >= 11 is 0. The fraction of sp³-hybridized carbons (Fsp3) is 0.355. The van der Waals surface area contributed by atoms with Gasteiger partial charge < -0.3 is 9.47 Å². The fourth-order valence-corrected chi connectivity index (χ4v) is 5.47.